The maximum absolute atomic E-state index is 13.2. The second-order valence-corrected chi connectivity index (χ2v) is 6.29. The van der Waals surface area contributed by atoms with Crippen LogP contribution in [0.2, 0.25) is 5.02 Å². The number of nitrogens with two attached hydrogens (primary N) is 1. The van der Waals surface area contributed by atoms with E-state index in [9.17, 15) is 13.2 Å². The van der Waals surface area contributed by atoms with Crippen molar-refractivity contribution in [1.82, 2.24) is 9.97 Å². The molecule has 2 N–H and O–H groups in total. The van der Waals surface area contributed by atoms with Crippen LogP contribution >= 0.6 is 11.6 Å². The molecule has 2 fully saturated rings. The van der Waals surface area contributed by atoms with Gasteiger partial charge in [-0.05, 0) is 24.7 Å². The van der Waals surface area contributed by atoms with Crippen LogP contribution in [0.15, 0.2) is 6.33 Å². The van der Waals surface area contributed by atoms with Crippen LogP contribution in [0.3, 0.4) is 0 Å². The van der Waals surface area contributed by atoms with Crippen molar-refractivity contribution in [3.8, 4) is 0 Å². The molecule has 0 aromatic carbocycles. The standard InChI is InChI=1S/C13H16ClF3N4/c14-9-10(18)19-7-20-11(9)21-5-2-8(13(15,16)17)12(6-21)3-1-4-12/h7-8H,1-6H2,(H2,18,19,20). The first-order valence-electron chi connectivity index (χ1n) is 6.91. The summed E-state index contributed by atoms with van der Waals surface area (Å²) in [6.07, 6.45) is -0.720. The average molecular weight is 321 g/mol. The molecule has 4 nitrogen and oxygen atoms in total. The van der Waals surface area contributed by atoms with Gasteiger partial charge in [0, 0.05) is 13.1 Å². The van der Waals surface area contributed by atoms with Gasteiger partial charge in [0.2, 0.25) is 0 Å². The van der Waals surface area contributed by atoms with Crippen molar-refractivity contribution in [1.29, 1.82) is 0 Å². The molecule has 1 aromatic rings. The number of aromatic nitrogens is 2. The third-order valence-corrected chi connectivity index (χ3v) is 5.14. The largest absolute Gasteiger partial charge is 0.392 e. The van der Waals surface area contributed by atoms with Gasteiger partial charge in [0.15, 0.2) is 5.82 Å². The predicted molar refractivity (Wildman–Crippen MR) is 74.1 cm³/mol. The first-order chi connectivity index (χ1) is 9.83. The van der Waals surface area contributed by atoms with Crippen molar-refractivity contribution in [3.63, 3.8) is 0 Å². The molecule has 1 atom stereocenters. The summed E-state index contributed by atoms with van der Waals surface area (Å²) in [5.41, 5.74) is 4.95. The Morgan fingerprint density at radius 1 is 1.33 bits per heavy atom. The minimum Gasteiger partial charge on any atom is -0.382 e. The third-order valence-electron chi connectivity index (χ3n) is 4.77. The second-order valence-electron chi connectivity index (χ2n) is 5.92. The zero-order valence-corrected chi connectivity index (χ0v) is 12.1. The highest BCUT2D eigenvalue weighted by Gasteiger charge is 2.58. The van der Waals surface area contributed by atoms with Crippen molar-refractivity contribution in [3.05, 3.63) is 11.3 Å². The van der Waals surface area contributed by atoms with Gasteiger partial charge in [0.05, 0.1) is 5.92 Å². The summed E-state index contributed by atoms with van der Waals surface area (Å²) in [4.78, 5) is 9.70. The minimum absolute atomic E-state index is 0.0732. The minimum atomic E-state index is -4.14. The maximum atomic E-state index is 13.2. The van der Waals surface area contributed by atoms with E-state index in [0.29, 0.717) is 25.2 Å². The van der Waals surface area contributed by atoms with Crippen LogP contribution in [0, 0.1) is 11.3 Å². The Kier molecular flexibility index (Phi) is 3.43. The average Bonchev–Trinajstić information content (AvgIpc) is 2.38. The number of hydrogen-bond donors (Lipinski definition) is 1. The van der Waals surface area contributed by atoms with E-state index < -0.39 is 17.5 Å². The highest BCUT2D eigenvalue weighted by Crippen LogP contribution is 2.56. The van der Waals surface area contributed by atoms with E-state index in [1.54, 1.807) is 0 Å². The van der Waals surface area contributed by atoms with E-state index in [-0.39, 0.29) is 23.8 Å². The smallest absolute Gasteiger partial charge is 0.382 e. The molecule has 1 aliphatic heterocycles. The summed E-state index contributed by atoms with van der Waals surface area (Å²) in [5, 5.41) is 0.220. The number of piperidine rings is 1. The first kappa shape index (κ1) is 14.7. The molecule has 1 saturated carbocycles. The van der Waals surface area contributed by atoms with Crippen LogP contribution in [0.4, 0.5) is 24.8 Å². The fraction of sp³-hybridized carbons (Fsp3) is 0.692. The number of halogens is 4. The Morgan fingerprint density at radius 3 is 2.62 bits per heavy atom. The molecule has 1 unspecified atom stereocenters. The lowest BCUT2D eigenvalue weighted by atomic mass is 9.58. The van der Waals surface area contributed by atoms with E-state index in [4.69, 9.17) is 17.3 Å². The van der Waals surface area contributed by atoms with Crippen LogP contribution in [0.25, 0.3) is 0 Å². The molecular weight excluding hydrogens is 305 g/mol. The van der Waals surface area contributed by atoms with Gasteiger partial charge in [-0.1, -0.05) is 18.0 Å². The quantitative estimate of drug-likeness (QED) is 0.863. The van der Waals surface area contributed by atoms with Crippen LogP contribution < -0.4 is 10.6 Å². The Bertz CT molecular complexity index is 545. The van der Waals surface area contributed by atoms with Gasteiger partial charge in [-0.25, -0.2) is 9.97 Å². The molecule has 0 amide bonds. The molecule has 8 heteroatoms. The number of alkyl halides is 3. The molecule has 116 valence electrons. The number of anilines is 2. The molecular formula is C13H16ClF3N4. The zero-order valence-electron chi connectivity index (χ0n) is 11.3. The van der Waals surface area contributed by atoms with Crippen LogP contribution in [-0.2, 0) is 0 Å². The van der Waals surface area contributed by atoms with Gasteiger partial charge in [-0.15, -0.1) is 0 Å². The summed E-state index contributed by atoms with van der Waals surface area (Å²) in [6, 6.07) is 0. The molecule has 0 radical (unpaired) electrons. The fourth-order valence-electron chi connectivity index (χ4n) is 3.58. The highest BCUT2D eigenvalue weighted by atomic mass is 35.5. The first-order valence-corrected chi connectivity index (χ1v) is 7.29. The third kappa shape index (κ3) is 2.41. The molecule has 2 aliphatic rings. The van der Waals surface area contributed by atoms with Gasteiger partial charge >= 0.3 is 6.18 Å². The lowest BCUT2D eigenvalue weighted by Crippen LogP contribution is -2.57. The van der Waals surface area contributed by atoms with Crippen molar-refractivity contribution < 1.29 is 13.2 Å². The topological polar surface area (TPSA) is 55.0 Å². The monoisotopic (exact) mass is 320 g/mol. The Morgan fingerprint density at radius 2 is 2.05 bits per heavy atom. The van der Waals surface area contributed by atoms with Gasteiger partial charge in [0.1, 0.15) is 17.2 Å². The molecule has 1 saturated heterocycles. The summed E-state index contributed by atoms with van der Waals surface area (Å²) < 4.78 is 39.7. The predicted octanol–water partition coefficient (Wildman–Crippen LogP) is 3.27. The van der Waals surface area contributed by atoms with E-state index in [2.05, 4.69) is 9.97 Å². The molecule has 2 heterocycles. The van der Waals surface area contributed by atoms with Crippen LogP contribution in [-0.4, -0.2) is 29.2 Å². The van der Waals surface area contributed by atoms with Crippen molar-refractivity contribution >= 4 is 23.2 Å². The molecule has 0 bridgehead atoms. The number of nitrogens with zero attached hydrogens (tertiary/aromatic N) is 3. The van der Waals surface area contributed by atoms with Gasteiger partial charge in [-0.2, -0.15) is 13.2 Å². The zero-order chi connectivity index (χ0) is 15.3. The summed E-state index contributed by atoms with van der Waals surface area (Å²) >= 11 is 6.09. The Labute approximate surface area is 125 Å². The van der Waals surface area contributed by atoms with E-state index in [0.717, 1.165) is 6.42 Å². The van der Waals surface area contributed by atoms with Gasteiger partial charge < -0.3 is 10.6 Å². The lowest BCUT2D eigenvalue weighted by Gasteiger charge is -2.54. The Balaban J connectivity index is 1.87. The highest BCUT2D eigenvalue weighted by molar-refractivity contribution is 6.35. The molecule has 1 spiro atoms. The number of nitrogen functional groups attached to an aromatic ring is 1. The number of hydrogen-bond acceptors (Lipinski definition) is 4. The summed E-state index contributed by atoms with van der Waals surface area (Å²) in [6.45, 7) is 0.607. The molecule has 1 aromatic heterocycles. The molecule has 1 aliphatic carbocycles. The lowest BCUT2D eigenvalue weighted by molar-refractivity contribution is -0.225. The maximum Gasteiger partial charge on any atom is 0.392 e. The summed E-state index contributed by atoms with van der Waals surface area (Å²) in [5.74, 6) is -0.633. The normalized spacial score (nSPS) is 25.0. The van der Waals surface area contributed by atoms with Crippen molar-refractivity contribution in [2.45, 2.75) is 31.9 Å². The van der Waals surface area contributed by atoms with Crippen molar-refractivity contribution in [2.75, 3.05) is 23.7 Å². The van der Waals surface area contributed by atoms with E-state index >= 15 is 0 Å². The Hall–Kier alpha value is -1.24. The molecule has 3 rings (SSSR count). The second kappa shape index (κ2) is 4.90. The van der Waals surface area contributed by atoms with Crippen LogP contribution in [0.5, 0.6) is 0 Å². The van der Waals surface area contributed by atoms with Crippen LogP contribution in [0.1, 0.15) is 25.7 Å². The van der Waals surface area contributed by atoms with Crippen molar-refractivity contribution in [2.24, 2.45) is 11.3 Å². The SMILES string of the molecule is Nc1ncnc(N2CCC(C(F)(F)F)C3(CCC3)C2)c1Cl. The van der Waals surface area contributed by atoms with Gasteiger partial charge in [0.25, 0.3) is 0 Å². The molecule has 21 heavy (non-hydrogen) atoms. The fourth-order valence-corrected chi connectivity index (χ4v) is 3.80. The van der Waals surface area contributed by atoms with E-state index in [1.807, 2.05) is 4.90 Å². The van der Waals surface area contributed by atoms with Gasteiger partial charge in [-0.3, -0.25) is 0 Å². The summed E-state index contributed by atoms with van der Waals surface area (Å²) in [7, 11) is 0. The van der Waals surface area contributed by atoms with E-state index in [1.165, 1.54) is 6.33 Å². The number of rotatable bonds is 1.